The summed E-state index contributed by atoms with van der Waals surface area (Å²) in [7, 11) is 0. The Labute approximate surface area is 164 Å². The van der Waals surface area contributed by atoms with Gasteiger partial charge >= 0.3 is 6.03 Å². The minimum atomic E-state index is -0.459. The first-order valence-electron chi connectivity index (χ1n) is 8.47. The van der Waals surface area contributed by atoms with E-state index in [0.717, 1.165) is 16.8 Å². The Morgan fingerprint density at radius 1 is 1.00 bits per heavy atom. The van der Waals surface area contributed by atoms with Gasteiger partial charge < -0.3 is 5.32 Å². The monoisotopic (exact) mass is 388 g/mol. The number of nitrogens with one attached hydrogen (secondary N) is 1. The lowest BCUT2D eigenvalue weighted by molar-refractivity contribution is 0.253. The number of nitrogens with zero attached hydrogens (tertiary/aromatic N) is 1. The Bertz CT molecular complexity index is 932. The zero-order chi connectivity index (χ0) is 19.2. The molecule has 3 rings (SSSR count). The third-order valence-corrected chi connectivity index (χ3v) is 5.54. The first-order valence-corrected chi connectivity index (χ1v) is 9.23. The molecule has 3 nitrogen and oxygen atoms in total. The largest absolute Gasteiger partial charge is 0.327 e. The van der Waals surface area contributed by atoms with Crippen molar-refractivity contribution in [2.24, 2.45) is 0 Å². The quantitative estimate of drug-likeness (QED) is 0.569. The molecule has 0 aliphatic carbocycles. The molecule has 5 heteroatoms. The van der Waals surface area contributed by atoms with Crippen LogP contribution in [-0.4, -0.2) is 11.6 Å². The van der Waals surface area contributed by atoms with E-state index in [1.807, 2.05) is 13.8 Å². The summed E-state index contributed by atoms with van der Waals surface area (Å²) in [5.74, 6) is 0. The minimum absolute atomic E-state index is 0.207. The number of halogens is 2. The normalized spacial score (nSPS) is 15.3. The molecule has 136 valence electrons. The van der Waals surface area contributed by atoms with Crippen molar-refractivity contribution < 1.29 is 4.79 Å². The smallest absolute Gasteiger partial charge is 0.307 e. The summed E-state index contributed by atoms with van der Waals surface area (Å²) in [4.78, 5) is 15.0. The van der Waals surface area contributed by atoms with Crippen molar-refractivity contribution in [2.45, 2.75) is 40.2 Å². The van der Waals surface area contributed by atoms with E-state index in [4.69, 9.17) is 23.2 Å². The number of carbonyl (C=O) groups is 1. The van der Waals surface area contributed by atoms with E-state index in [1.54, 1.807) is 23.1 Å². The number of hydrogen-bond acceptors (Lipinski definition) is 1. The summed E-state index contributed by atoms with van der Waals surface area (Å²) in [6.07, 6.45) is 2.12. The predicted octanol–water partition coefficient (Wildman–Crippen LogP) is 6.84. The minimum Gasteiger partial charge on any atom is -0.307 e. The summed E-state index contributed by atoms with van der Waals surface area (Å²) in [5, 5.41) is 3.80. The van der Waals surface area contributed by atoms with Crippen molar-refractivity contribution >= 4 is 46.2 Å². The zero-order valence-electron chi connectivity index (χ0n) is 15.6. The van der Waals surface area contributed by atoms with Crippen LogP contribution in [0, 0.1) is 13.8 Å². The lowest BCUT2D eigenvalue weighted by atomic mass is 9.87. The first-order chi connectivity index (χ1) is 12.1. The molecular formula is C21H22Cl2N2O. The van der Waals surface area contributed by atoms with Gasteiger partial charge in [0.1, 0.15) is 0 Å². The molecule has 0 saturated carbocycles. The summed E-state index contributed by atoms with van der Waals surface area (Å²) in [6.45, 7) is 10.3. The molecule has 1 aliphatic rings. The highest BCUT2D eigenvalue weighted by Gasteiger charge is 2.36. The van der Waals surface area contributed by atoms with Crippen molar-refractivity contribution in [1.82, 2.24) is 0 Å². The molecule has 0 spiro atoms. The van der Waals surface area contributed by atoms with Crippen LogP contribution in [0.3, 0.4) is 0 Å². The number of fused-ring (bicyclic) bond motifs is 1. The average molecular weight is 389 g/mol. The highest BCUT2D eigenvalue weighted by Crippen LogP contribution is 2.40. The summed E-state index contributed by atoms with van der Waals surface area (Å²) >= 11 is 12.0. The van der Waals surface area contributed by atoms with E-state index in [1.165, 1.54) is 11.1 Å². The fourth-order valence-electron chi connectivity index (χ4n) is 3.41. The maximum Gasteiger partial charge on any atom is 0.327 e. The van der Waals surface area contributed by atoms with Crippen molar-refractivity contribution in [3.05, 3.63) is 63.1 Å². The molecule has 2 aromatic rings. The van der Waals surface area contributed by atoms with E-state index < -0.39 is 5.54 Å². The Balaban J connectivity index is 2.04. The van der Waals surface area contributed by atoms with Gasteiger partial charge in [0.15, 0.2) is 0 Å². The van der Waals surface area contributed by atoms with Gasteiger partial charge in [0.25, 0.3) is 0 Å². The molecule has 0 radical (unpaired) electrons. The number of anilines is 2. The van der Waals surface area contributed by atoms with Gasteiger partial charge in [-0.05, 0) is 81.7 Å². The Morgan fingerprint density at radius 2 is 1.65 bits per heavy atom. The van der Waals surface area contributed by atoms with Crippen molar-refractivity contribution in [1.29, 1.82) is 0 Å². The highest BCUT2D eigenvalue weighted by atomic mass is 35.5. The van der Waals surface area contributed by atoms with Crippen LogP contribution in [0.1, 0.15) is 37.5 Å². The van der Waals surface area contributed by atoms with Gasteiger partial charge in [0, 0.05) is 11.3 Å². The topological polar surface area (TPSA) is 32.3 Å². The molecule has 1 heterocycles. The fourth-order valence-corrected chi connectivity index (χ4v) is 3.71. The lowest BCUT2D eigenvalue weighted by Crippen LogP contribution is -2.50. The first kappa shape index (κ1) is 18.8. The predicted molar refractivity (Wildman–Crippen MR) is 112 cm³/mol. The molecule has 2 amide bonds. The third-order valence-electron chi connectivity index (χ3n) is 4.80. The van der Waals surface area contributed by atoms with Crippen LogP contribution in [0.25, 0.3) is 5.57 Å². The van der Waals surface area contributed by atoms with Crippen LogP contribution < -0.4 is 10.2 Å². The molecule has 0 saturated heterocycles. The second kappa shape index (κ2) is 6.64. The standard InChI is InChI=1S/C21H22Cl2N2O/c1-12-8-16-14(3)11-21(4,5)25(19(16)9-13(12)2)20(26)24-15-6-7-17(22)18(23)10-15/h6-11H,1-5H3,(H,24,26). The second-order valence-electron chi connectivity index (χ2n) is 7.33. The van der Waals surface area contributed by atoms with Gasteiger partial charge in [-0.2, -0.15) is 0 Å². The number of benzene rings is 2. The molecule has 0 atom stereocenters. The molecule has 0 unspecified atom stereocenters. The fraction of sp³-hybridized carbons (Fsp3) is 0.286. The molecule has 1 N–H and O–H groups in total. The van der Waals surface area contributed by atoms with Crippen LogP contribution in [-0.2, 0) is 0 Å². The number of urea groups is 1. The van der Waals surface area contributed by atoms with Crippen molar-refractivity contribution in [3.63, 3.8) is 0 Å². The zero-order valence-corrected chi connectivity index (χ0v) is 17.1. The Morgan fingerprint density at radius 3 is 2.31 bits per heavy atom. The Hall–Kier alpha value is -1.97. The molecule has 2 aromatic carbocycles. The van der Waals surface area contributed by atoms with Gasteiger partial charge in [-0.1, -0.05) is 29.3 Å². The van der Waals surface area contributed by atoms with E-state index >= 15 is 0 Å². The number of allylic oxidation sites excluding steroid dienone is 1. The number of aryl methyl sites for hydroxylation is 2. The molecule has 26 heavy (non-hydrogen) atoms. The van der Waals surface area contributed by atoms with Crippen LogP contribution in [0.4, 0.5) is 16.2 Å². The van der Waals surface area contributed by atoms with E-state index in [2.05, 4.69) is 44.3 Å². The molecule has 0 aromatic heterocycles. The molecule has 1 aliphatic heterocycles. The van der Waals surface area contributed by atoms with E-state index in [0.29, 0.717) is 15.7 Å². The van der Waals surface area contributed by atoms with Crippen LogP contribution in [0.2, 0.25) is 10.0 Å². The van der Waals surface area contributed by atoms with Gasteiger partial charge in [-0.3, -0.25) is 4.90 Å². The lowest BCUT2D eigenvalue weighted by Gasteiger charge is -2.41. The van der Waals surface area contributed by atoms with Gasteiger partial charge in [-0.15, -0.1) is 0 Å². The molecular weight excluding hydrogens is 367 g/mol. The molecule has 0 bridgehead atoms. The SMILES string of the molecule is CC1=CC(C)(C)N(C(=O)Nc2ccc(Cl)c(Cl)c2)c2cc(C)c(C)cc21. The average Bonchev–Trinajstić information content (AvgIpc) is 2.52. The second-order valence-corrected chi connectivity index (χ2v) is 8.14. The summed E-state index contributed by atoms with van der Waals surface area (Å²) in [5.41, 5.74) is 5.68. The van der Waals surface area contributed by atoms with Gasteiger partial charge in [-0.25, -0.2) is 4.79 Å². The third kappa shape index (κ3) is 3.34. The summed E-state index contributed by atoms with van der Waals surface area (Å²) in [6, 6.07) is 9.09. The molecule has 0 fully saturated rings. The maximum atomic E-state index is 13.2. The highest BCUT2D eigenvalue weighted by molar-refractivity contribution is 6.42. The number of amides is 2. The van der Waals surface area contributed by atoms with E-state index in [9.17, 15) is 4.79 Å². The maximum absolute atomic E-state index is 13.2. The number of carbonyl (C=O) groups excluding carboxylic acids is 1. The Kier molecular flexibility index (Phi) is 4.80. The van der Waals surface area contributed by atoms with Crippen LogP contribution >= 0.6 is 23.2 Å². The van der Waals surface area contributed by atoms with Gasteiger partial charge in [0.2, 0.25) is 0 Å². The van der Waals surface area contributed by atoms with E-state index in [-0.39, 0.29) is 6.03 Å². The van der Waals surface area contributed by atoms with Crippen LogP contribution in [0.5, 0.6) is 0 Å². The van der Waals surface area contributed by atoms with Gasteiger partial charge in [0.05, 0.1) is 21.3 Å². The van der Waals surface area contributed by atoms with Crippen molar-refractivity contribution in [3.8, 4) is 0 Å². The number of rotatable bonds is 1. The van der Waals surface area contributed by atoms with Crippen LogP contribution in [0.15, 0.2) is 36.4 Å². The number of hydrogen-bond donors (Lipinski definition) is 1. The summed E-state index contributed by atoms with van der Waals surface area (Å²) < 4.78 is 0. The van der Waals surface area contributed by atoms with Crippen molar-refractivity contribution in [2.75, 3.05) is 10.2 Å².